The maximum absolute atomic E-state index is 15.2. The minimum atomic E-state index is -3.16. The monoisotopic (exact) mass is 556 g/mol. The molecule has 2 aliphatic rings. The average Bonchev–Trinajstić information content (AvgIpc) is 3.39. The lowest BCUT2D eigenvalue weighted by Crippen LogP contribution is -2.30. The predicted octanol–water partition coefficient (Wildman–Crippen LogP) is 7.25. The van der Waals surface area contributed by atoms with Gasteiger partial charge < -0.3 is 18.8 Å². The first kappa shape index (κ1) is 22.3. The molecule has 6 nitrogen and oxygen atoms in total. The minimum absolute atomic E-state index is 0.0312. The summed E-state index contributed by atoms with van der Waals surface area (Å²) in [6, 6.07) is 12.4. The van der Waals surface area contributed by atoms with Gasteiger partial charge in [0.2, 0.25) is 0 Å². The maximum Gasteiger partial charge on any atom is 0.387 e. The lowest BCUT2D eigenvalue weighted by molar-refractivity contribution is -0.0507. The van der Waals surface area contributed by atoms with Crippen LogP contribution in [0.3, 0.4) is 0 Å². The van der Waals surface area contributed by atoms with E-state index in [1.54, 1.807) is 55.2 Å². The van der Waals surface area contributed by atoms with E-state index in [0.29, 0.717) is 33.5 Å². The Hall–Kier alpha value is -3.58. The van der Waals surface area contributed by atoms with Crippen molar-refractivity contribution in [3.63, 3.8) is 0 Å². The molecular weight excluding hydrogens is 526 g/mol. The third kappa shape index (κ3) is 4.06. The summed E-state index contributed by atoms with van der Waals surface area (Å²) in [5.74, 6) is -1.20. The van der Waals surface area contributed by atoms with Crippen molar-refractivity contribution in [3.8, 4) is 16.9 Å². The van der Waals surface area contributed by atoms with E-state index in [4.69, 9.17) is 8.85 Å². The van der Waals surface area contributed by atoms with Gasteiger partial charge in [-0.25, -0.2) is 9.37 Å². The first-order valence-corrected chi connectivity index (χ1v) is 15.1. The zero-order valence-corrected chi connectivity index (χ0v) is 22.3. The molecule has 3 atom stereocenters. The van der Waals surface area contributed by atoms with Crippen LogP contribution in [0.15, 0.2) is 54.6 Å². The predicted molar refractivity (Wildman–Crippen MR) is 144 cm³/mol. The number of alkyl halides is 2. The van der Waals surface area contributed by atoms with Gasteiger partial charge in [-0.1, -0.05) is 31.2 Å². The van der Waals surface area contributed by atoms with E-state index in [1.807, 2.05) is 0 Å². The molecule has 3 heterocycles. The number of ether oxygens (including phenoxy) is 1. The molecule has 39 heavy (non-hydrogen) atoms. The van der Waals surface area contributed by atoms with Crippen molar-refractivity contribution in [3.05, 3.63) is 82.9 Å². The zero-order chi connectivity index (χ0) is 30.3. The molecule has 6 rings (SSSR count). The summed E-state index contributed by atoms with van der Waals surface area (Å²) in [7, 11) is -2.58. The van der Waals surface area contributed by atoms with Crippen LogP contribution in [0.25, 0.3) is 22.2 Å². The van der Waals surface area contributed by atoms with Gasteiger partial charge in [0.25, 0.3) is 5.91 Å². The van der Waals surface area contributed by atoms with E-state index in [0.717, 1.165) is 4.90 Å². The van der Waals surface area contributed by atoms with Crippen LogP contribution in [0.2, 0.25) is 0 Å². The van der Waals surface area contributed by atoms with Crippen LogP contribution in [0.4, 0.5) is 13.2 Å². The Balaban J connectivity index is 1.54. The molecule has 0 aliphatic carbocycles. The first-order chi connectivity index (χ1) is 19.7. The third-order valence-corrected chi connectivity index (χ3v) is 10.0. The molecular formula is C29H27F3N3O3P. The summed E-state index contributed by atoms with van der Waals surface area (Å²) in [6.07, 6.45) is 0.0958. The second kappa shape index (κ2) is 8.98. The Kier molecular flexibility index (Phi) is 5.13. The van der Waals surface area contributed by atoms with Crippen LogP contribution in [0.5, 0.6) is 5.75 Å². The van der Waals surface area contributed by atoms with E-state index in [-0.39, 0.29) is 23.3 Å². The van der Waals surface area contributed by atoms with Gasteiger partial charge in [0.15, 0.2) is 0 Å². The molecule has 2 bridgehead atoms. The van der Waals surface area contributed by atoms with Gasteiger partial charge >= 0.3 is 6.61 Å². The van der Waals surface area contributed by atoms with Crippen LogP contribution in [0.1, 0.15) is 62.5 Å². The minimum Gasteiger partial charge on any atom is -0.434 e. The topological polar surface area (TPSA) is 64.4 Å². The van der Waals surface area contributed by atoms with Crippen LogP contribution < -0.4 is 4.74 Å². The van der Waals surface area contributed by atoms with Gasteiger partial charge in [-0.15, -0.1) is 0 Å². The van der Waals surface area contributed by atoms with Crippen molar-refractivity contribution in [2.24, 2.45) is 0 Å². The van der Waals surface area contributed by atoms with Gasteiger partial charge in [0.05, 0.1) is 30.3 Å². The summed E-state index contributed by atoms with van der Waals surface area (Å²) in [6.45, 7) is -1.02. The van der Waals surface area contributed by atoms with Crippen LogP contribution in [-0.4, -0.2) is 47.3 Å². The zero-order valence-electron chi connectivity index (χ0n) is 24.4. The largest absolute Gasteiger partial charge is 0.434 e. The van der Waals surface area contributed by atoms with Crippen molar-refractivity contribution < 1.29 is 31.4 Å². The summed E-state index contributed by atoms with van der Waals surface area (Å²) in [5.41, 5.74) is 2.30. The number of imidazole rings is 1. The Morgan fingerprint density at radius 1 is 1.10 bits per heavy atom. The van der Waals surface area contributed by atoms with Gasteiger partial charge in [0, 0.05) is 34.3 Å². The normalized spacial score (nSPS) is 20.7. The lowest BCUT2D eigenvalue weighted by Gasteiger charge is -2.24. The van der Waals surface area contributed by atoms with E-state index < -0.39 is 50.2 Å². The highest BCUT2D eigenvalue weighted by atomic mass is 31.2. The van der Waals surface area contributed by atoms with Crippen molar-refractivity contribution >= 4 is 24.1 Å². The summed E-state index contributed by atoms with van der Waals surface area (Å²) in [5, 5.41) is 0. The molecule has 0 radical (unpaired) electrons. The van der Waals surface area contributed by atoms with Gasteiger partial charge in [-0.3, -0.25) is 4.79 Å². The number of aromatic nitrogens is 2. The fraction of sp³-hybridized carbons (Fsp3) is 0.310. The quantitative estimate of drug-likeness (QED) is 0.243. The lowest BCUT2D eigenvalue weighted by atomic mass is 9.97. The summed E-state index contributed by atoms with van der Waals surface area (Å²) >= 11 is 0. The molecule has 10 heteroatoms. The fourth-order valence-corrected chi connectivity index (χ4v) is 6.55. The van der Waals surface area contributed by atoms with Gasteiger partial charge in [0.1, 0.15) is 17.4 Å². The Morgan fingerprint density at radius 2 is 1.85 bits per heavy atom. The molecule has 4 aromatic rings. The highest BCUT2D eigenvalue weighted by Gasteiger charge is 2.45. The standard InChI is InChI=1S/C29H27F3N3O3P/c1-15(39(3,4)37)18-10-8-16(12-20(18)30)17-9-11-21-22(13-17)35-23-14-24(27(35)33-21)34(2)28(36)19-6-5-7-25(26(19)23)38-29(31)32/h5-13,15,23-24,29H,14H2,1-4H3/t15-,23-,24-/m1/s1/i2D3. The molecule has 0 fully saturated rings. The number of carbonyl (C=O) groups excluding carboxylic acids is 1. The molecule has 3 aromatic carbocycles. The molecule has 0 saturated heterocycles. The number of rotatable bonds is 5. The summed E-state index contributed by atoms with van der Waals surface area (Å²) < 4.78 is 85.6. The first-order valence-electron chi connectivity index (χ1n) is 13.9. The molecule has 202 valence electrons. The number of fused-ring (bicyclic) bond motifs is 9. The average molecular weight is 557 g/mol. The van der Waals surface area contributed by atoms with Crippen LogP contribution >= 0.6 is 7.14 Å². The number of benzene rings is 3. The number of hydrogen-bond donors (Lipinski definition) is 0. The van der Waals surface area contributed by atoms with E-state index >= 15 is 4.39 Å². The molecule has 0 spiro atoms. The summed E-state index contributed by atoms with van der Waals surface area (Å²) in [4.78, 5) is 19.0. The Labute approximate surface area is 228 Å². The van der Waals surface area contributed by atoms with Gasteiger partial charge in [-0.05, 0) is 60.4 Å². The van der Waals surface area contributed by atoms with Crippen LogP contribution in [0, 0.1) is 5.82 Å². The third-order valence-electron chi connectivity index (χ3n) is 7.87. The highest BCUT2D eigenvalue weighted by molar-refractivity contribution is 7.62. The van der Waals surface area contributed by atoms with Crippen molar-refractivity contribution in [2.45, 2.75) is 37.7 Å². The fourth-order valence-electron chi connectivity index (χ4n) is 5.67. The van der Waals surface area contributed by atoms with Gasteiger partial charge in [-0.2, -0.15) is 8.78 Å². The van der Waals surface area contributed by atoms with Crippen molar-refractivity contribution in [2.75, 3.05) is 20.3 Å². The number of amides is 1. The smallest absolute Gasteiger partial charge is 0.387 e. The van der Waals surface area contributed by atoms with Crippen molar-refractivity contribution in [1.29, 1.82) is 0 Å². The Morgan fingerprint density at radius 3 is 2.54 bits per heavy atom. The molecule has 0 unspecified atom stereocenters. The van der Waals surface area contributed by atoms with E-state index in [2.05, 4.69) is 4.98 Å². The molecule has 1 aromatic heterocycles. The number of halogens is 3. The number of hydrogen-bond acceptors (Lipinski definition) is 4. The highest BCUT2D eigenvalue weighted by Crippen LogP contribution is 2.53. The molecule has 0 N–H and O–H groups in total. The second-order valence-corrected chi connectivity index (χ2v) is 14.1. The molecule has 0 saturated carbocycles. The maximum atomic E-state index is 15.2. The Bertz CT molecular complexity index is 1800. The molecule has 2 aliphatic heterocycles. The SMILES string of the molecule is [2H]C([2H])([2H])N1C(=O)c2cccc(OC(F)F)c2[C@H]2C[C@@H]1c1nc3ccc(-c4ccc([C@@H](C)P(C)(C)=O)c(F)c4)cc3n12. The number of nitrogens with zero attached hydrogens (tertiary/aromatic N) is 3. The van der Waals surface area contributed by atoms with Crippen molar-refractivity contribution in [1.82, 2.24) is 14.5 Å². The number of carbonyl (C=O) groups is 1. The van der Waals surface area contributed by atoms with E-state index in [1.165, 1.54) is 24.3 Å². The van der Waals surface area contributed by atoms with E-state index in [9.17, 15) is 18.1 Å². The second-order valence-electron chi connectivity index (χ2n) is 10.4. The molecule has 1 amide bonds. The van der Waals surface area contributed by atoms with Crippen LogP contribution in [-0.2, 0) is 4.57 Å².